The van der Waals surface area contributed by atoms with Crippen LogP contribution >= 0.6 is 0 Å². The van der Waals surface area contributed by atoms with Crippen LogP contribution in [0.3, 0.4) is 0 Å². The van der Waals surface area contributed by atoms with Crippen molar-refractivity contribution < 1.29 is 9.53 Å². The van der Waals surface area contributed by atoms with Crippen molar-refractivity contribution in [1.82, 2.24) is 4.90 Å². The SMILES string of the molecule is COc1cccc(N)c1C(=O)N1CC(C)CC(C)C1. The van der Waals surface area contributed by atoms with Gasteiger partial charge in [0.1, 0.15) is 11.3 Å². The summed E-state index contributed by atoms with van der Waals surface area (Å²) in [5.41, 5.74) is 6.92. The minimum atomic E-state index is -0.0200. The van der Waals surface area contributed by atoms with Crippen LogP contribution in [0, 0.1) is 11.8 Å². The summed E-state index contributed by atoms with van der Waals surface area (Å²) in [6.45, 7) is 5.95. The van der Waals surface area contributed by atoms with Crippen LogP contribution in [0.5, 0.6) is 5.75 Å². The quantitative estimate of drug-likeness (QED) is 0.833. The molecule has 1 aromatic carbocycles. The van der Waals surface area contributed by atoms with Gasteiger partial charge in [-0.05, 0) is 30.4 Å². The van der Waals surface area contributed by atoms with Gasteiger partial charge in [0.15, 0.2) is 0 Å². The highest BCUT2D eigenvalue weighted by molar-refractivity contribution is 6.01. The monoisotopic (exact) mass is 262 g/mol. The first-order chi connectivity index (χ1) is 9.02. The first-order valence-corrected chi connectivity index (χ1v) is 6.74. The van der Waals surface area contributed by atoms with Crippen molar-refractivity contribution in [2.75, 3.05) is 25.9 Å². The van der Waals surface area contributed by atoms with Gasteiger partial charge >= 0.3 is 0 Å². The van der Waals surface area contributed by atoms with Crippen LogP contribution in [0.25, 0.3) is 0 Å². The molecule has 2 unspecified atom stereocenters. The fourth-order valence-corrected chi connectivity index (χ4v) is 2.93. The Bertz CT molecular complexity index is 463. The Kier molecular flexibility index (Phi) is 3.98. The molecule has 0 saturated carbocycles. The van der Waals surface area contributed by atoms with Crippen LogP contribution in [0.1, 0.15) is 30.6 Å². The zero-order chi connectivity index (χ0) is 14.0. The molecule has 1 aromatic rings. The summed E-state index contributed by atoms with van der Waals surface area (Å²) in [6.07, 6.45) is 1.17. The number of anilines is 1. The number of carbonyl (C=O) groups is 1. The molecule has 0 bridgehead atoms. The van der Waals surface area contributed by atoms with Gasteiger partial charge in [0, 0.05) is 18.8 Å². The fourth-order valence-electron chi connectivity index (χ4n) is 2.93. The largest absolute Gasteiger partial charge is 0.496 e. The van der Waals surface area contributed by atoms with E-state index in [1.165, 1.54) is 6.42 Å². The van der Waals surface area contributed by atoms with Crippen molar-refractivity contribution in [1.29, 1.82) is 0 Å². The van der Waals surface area contributed by atoms with Crippen LogP contribution in [-0.4, -0.2) is 31.0 Å². The van der Waals surface area contributed by atoms with Crippen LogP contribution in [0.2, 0.25) is 0 Å². The van der Waals surface area contributed by atoms with Crippen LogP contribution in [0.15, 0.2) is 18.2 Å². The van der Waals surface area contributed by atoms with Crippen molar-refractivity contribution in [3.05, 3.63) is 23.8 Å². The second kappa shape index (κ2) is 5.51. The highest BCUT2D eigenvalue weighted by Gasteiger charge is 2.28. The van der Waals surface area contributed by atoms with E-state index in [-0.39, 0.29) is 5.91 Å². The molecule has 4 heteroatoms. The number of ether oxygens (including phenoxy) is 1. The molecule has 4 nitrogen and oxygen atoms in total. The van der Waals surface area contributed by atoms with Gasteiger partial charge in [-0.3, -0.25) is 4.79 Å². The molecule has 0 aromatic heterocycles. The average Bonchev–Trinajstić information content (AvgIpc) is 2.36. The molecule has 2 atom stereocenters. The Balaban J connectivity index is 2.29. The number of nitrogens with zero attached hydrogens (tertiary/aromatic N) is 1. The van der Waals surface area contributed by atoms with Crippen LogP contribution < -0.4 is 10.5 Å². The summed E-state index contributed by atoms with van der Waals surface area (Å²) in [4.78, 5) is 14.6. The lowest BCUT2D eigenvalue weighted by atomic mass is 9.91. The Hall–Kier alpha value is -1.71. The van der Waals surface area contributed by atoms with Gasteiger partial charge in [-0.25, -0.2) is 0 Å². The van der Waals surface area contributed by atoms with Gasteiger partial charge < -0.3 is 15.4 Å². The zero-order valence-electron chi connectivity index (χ0n) is 11.8. The number of benzene rings is 1. The van der Waals surface area contributed by atoms with E-state index in [0.29, 0.717) is 28.8 Å². The fraction of sp³-hybridized carbons (Fsp3) is 0.533. The normalized spacial score (nSPS) is 23.2. The maximum absolute atomic E-state index is 12.7. The van der Waals surface area contributed by atoms with Crippen molar-refractivity contribution in [2.45, 2.75) is 20.3 Å². The first-order valence-electron chi connectivity index (χ1n) is 6.74. The summed E-state index contributed by atoms with van der Waals surface area (Å²) < 4.78 is 5.26. The number of piperidine rings is 1. The van der Waals surface area contributed by atoms with E-state index in [1.54, 1.807) is 25.3 Å². The standard InChI is InChI=1S/C15H22N2O2/c1-10-7-11(2)9-17(8-10)15(18)14-12(16)5-4-6-13(14)19-3/h4-6,10-11H,7-9,16H2,1-3H3. The number of hydrogen-bond acceptors (Lipinski definition) is 3. The lowest BCUT2D eigenvalue weighted by Gasteiger charge is -2.35. The predicted octanol–water partition coefficient (Wildman–Crippen LogP) is 2.40. The topological polar surface area (TPSA) is 55.6 Å². The van der Waals surface area contributed by atoms with Crippen molar-refractivity contribution >= 4 is 11.6 Å². The Morgan fingerprint density at radius 1 is 1.32 bits per heavy atom. The summed E-state index contributed by atoms with van der Waals surface area (Å²) >= 11 is 0. The minimum absolute atomic E-state index is 0.0200. The highest BCUT2D eigenvalue weighted by Crippen LogP contribution is 2.29. The molecule has 2 N–H and O–H groups in total. The maximum Gasteiger partial charge on any atom is 0.259 e. The first kappa shape index (κ1) is 13.7. The predicted molar refractivity (Wildman–Crippen MR) is 76.3 cm³/mol. The maximum atomic E-state index is 12.7. The molecule has 1 saturated heterocycles. The number of carbonyl (C=O) groups excluding carboxylic acids is 1. The van der Waals surface area contributed by atoms with Crippen molar-refractivity contribution in [3.63, 3.8) is 0 Å². The smallest absolute Gasteiger partial charge is 0.259 e. The van der Waals surface area contributed by atoms with Gasteiger partial charge in [-0.2, -0.15) is 0 Å². The lowest BCUT2D eigenvalue weighted by Crippen LogP contribution is -2.42. The van der Waals surface area contributed by atoms with E-state index in [9.17, 15) is 4.79 Å². The van der Waals surface area contributed by atoms with E-state index in [0.717, 1.165) is 13.1 Å². The van der Waals surface area contributed by atoms with E-state index < -0.39 is 0 Å². The van der Waals surface area contributed by atoms with Gasteiger partial charge in [0.2, 0.25) is 0 Å². The molecule has 1 amide bonds. The summed E-state index contributed by atoms with van der Waals surface area (Å²) in [7, 11) is 1.56. The Morgan fingerprint density at radius 2 is 1.95 bits per heavy atom. The highest BCUT2D eigenvalue weighted by atomic mass is 16.5. The molecule has 1 fully saturated rings. The molecule has 1 heterocycles. The van der Waals surface area contributed by atoms with E-state index in [2.05, 4.69) is 13.8 Å². The Labute approximate surface area is 114 Å². The van der Waals surface area contributed by atoms with Crippen molar-refractivity contribution in [3.8, 4) is 5.75 Å². The molecule has 0 radical (unpaired) electrons. The van der Waals surface area contributed by atoms with E-state index in [4.69, 9.17) is 10.5 Å². The number of nitrogens with two attached hydrogens (primary N) is 1. The average molecular weight is 262 g/mol. The van der Waals surface area contributed by atoms with Gasteiger partial charge in [-0.15, -0.1) is 0 Å². The van der Waals surface area contributed by atoms with Crippen molar-refractivity contribution in [2.24, 2.45) is 11.8 Å². The molecule has 104 valence electrons. The molecule has 2 rings (SSSR count). The van der Waals surface area contributed by atoms with Gasteiger partial charge in [0.25, 0.3) is 5.91 Å². The lowest BCUT2D eigenvalue weighted by molar-refractivity contribution is 0.0621. The second-order valence-electron chi connectivity index (χ2n) is 5.58. The minimum Gasteiger partial charge on any atom is -0.496 e. The number of nitrogen functional groups attached to an aromatic ring is 1. The summed E-state index contributed by atoms with van der Waals surface area (Å²) in [5, 5.41) is 0. The van der Waals surface area contributed by atoms with E-state index >= 15 is 0 Å². The number of amides is 1. The second-order valence-corrected chi connectivity index (χ2v) is 5.58. The molecule has 1 aliphatic heterocycles. The van der Waals surface area contributed by atoms with E-state index in [1.807, 2.05) is 4.90 Å². The summed E-state index contributed by atoms with van der Waals surface area (Å²) in [6, 6.07) is 5.32. The van der Waals surface area contributed by atoms with Crippen LogP contribution in [0.4, 0.5) is 5.69 Å². The van der Waals surface area contributed by atoms with Gasteiger partial charge in [0.05, 0.1) is 7.11 Å². The summed E-state index contributed by atoms with van der Waals surface area (Å²) in [5.74, 6) is 1.59. The number of rotatable bonds is 2. The third-order valence-electron chi connectivity index (χ3n) is 3.65. The molecule has 1 aliphatic rings. The molecular weight excluding hydrogens is 240 g/mol. The zero-order valence-corrected chi connectivity index (χ0v) is 11.8. The van der Waals surface area contributed by atoms with Gasteiger partial charge in [-0.1, -0.05) is 19.9 Å². The number of likely N-dealkylation sites (tertiary alicyclic amines) is 1. The number of methoxy groups -OCH3 is 1. The molecule has 0 aliphatic carbocycles. The molecular formula is C15H22N2O2. The molecule has 0 spiro atoms. The molecule has 19 heavy (non-hydrogen) atoms. The number of hydrogen-bond donors (Lipinski definition) is 1. The Morgan fingerprint density at radius 3 is 2.53 bits per heavy atom. The van der Waals surface area contributed by atoms with Crippen LogP contribution in [-0.2, 0) is 0 Å². The third kappa shape index (κ3) is 2.83. The third-order valence-corrected chi connectivity index (χ3v) is 3.65.